The summed E-state index contributed by atoms with van der Waals surface area (Å²) in [6.07, 6.45) is 8.23. The summed E-state index contributed by atoms with van der Waals surface area (Å²) in [7, 11) is 0. The van der Waals surface area contributed by atoms with Crippen molar-refractivity contribution >= 4 is 5.97 Å². The van der Waals surface area contributed by atoms with Gasteiger partial charge in [0.15, 0.2) is 0 Å². The normalized spacial score (nSPS) is 36.3. The molecular weight excluding hydrogens is 292 g/mol. The van der Waals surface area contributed by atoms with Crippen molar-refractivity contribution in [2.24, 2.45) is 29.6 Å². The van der Waals surface area contributed by atoms with Gasteiger partial charge in [-0.25, -0.2) is 0 Å². The van der Waals surface area contributed by atoms with Crippen molar-refractivity contribution in [3.05, 3.63) is 12.2 Å². The molecular formula is C19H31O4-. The van der Waals surface area contributed by atoms with E-state index >= 15 is 0 Å². The quantitative estimate of drug-likeness (QED) is 0.701. The zero-order chi connectivity index (χ0) is 17.0. The van der Waals surface area contributed by atoms with Gasteiger partial charge in [0.25, 0.3) is 0 Å². The molecule has 0 unspecified atom stereocenters. The van der Waals surface area contributed by atoms with Crippen LogP contribution in [0, 0.1) is 29.6 Å². The van der Waals surface area contributed by atoms with Crippen LogP contribution in [-0.2, 0) is 4.79 Å². The van der Waals surface area contributed by atoms with E-state index in [4.69, 9.17) is 0 Å². The Morgan fingerprint density at radius 1 is 1.22 bits per heavy atom. The first-order valence-corrected chi connectivity index (χ1v) is 9.11. The SMILES string of the molecule is C[C@@H]1CC[C@@H]2[C@@H](CC[C@@H](O)C[C@@H](O)CC(=O)[O-])[C@@H](C)C=C[C@H]2C1. The Hall–Kier alpha value is -0.870. The lowest BCUT2D eigenvalue weighted by molar-refractivity contribution is -0.307. The van der Waals surface area contributed by atoms with Crippen LogP contribution in [0.2, 0.25) is 0 Å². The summed E-state index contributed by atoms with van der Waals surface area (Å²) in [5.41, 5.74) is 0. The predicted molar refractivity (Wildman–Crippen MR) is 87.3 cm³/mol. The van der Waals surface area contributed by atoms with Gasteiger partial charge in [0.1, 0.15) is 0 Å². The van der Waals surface area contributed by atoms with Crippen LogP contribution in [0.5, 0.6) is 0 Å². The van der Waals surface area contributed by atoms with Crippen LogP contribution in [0.3, 0.4) is 0 Å². The first-order chi connectivity index (χ1) is 10.9. The molecule has 0 amide bonds. The highest BCUT2D eigenvalue weighted by molar-refractivity contribution is 5.64. The van der Waals surface area contributed by atoms with Crippen LogP contribution in [-0.4, -0.2) is 28.4 Å². The Morgan fingerprint density at radius 3 is 2.65 bits per heavy atom. The largest absolute Gasteiger partial charge is 0.550 e. The molecule has 2 aliphatic carbocycles. The molecule has 132 valence electrons. The van der Waals surface area contributed by atoms with Gasteiger partial charge in [0.05, 0.1) is 12.2 Å². The number of hydrogen-bond donors (Lipinski definition) is 2. The molecule has 0 spiro atoms. The first-order valence-electron chi connectivity index (χ1n) is 9.11. The van der Waals surface area contributed by atoms with Crippen molar-refractivity contribution in [3.63, 3.8) is 0 Å². The number of allylic oxidation sites excluding steroid dienone is 2. The van der Waals surface area contributed by atoms with Crippen LogP contribution in [0.1, 0.15) is 58.8 Å². The standard InChI is InChI=1S/C19H32O4/c1-12-3-7-18-14(9-12)5-4-13(2)17(18)8-6-15(20)10-16(21)11-19(22)23/h4-5,12-18,20-21H,3,6-11H2,1-2H3,(H,22,23)/p-1/t12-,13+,14+,15-,16-,17+,18+/m1/s1. The lowest BCUT2D eigenvalue weighted by Gasteiger charge is -2.43. The molecule has 0 heterocycles. The third-order valence-corrected chi connectivity index (χ3v) is 5.88. The molecule has 2 aliphatic rings. The number of rotatable bonds is 7. The summed E-state index contributed by atoms with van der Waals surface area (Å²) in [5.74, 6) is 2.05. The molecule has 4 heteroatoms. The number of aliphatic hydroxyl groups excluding tert-OH is 2. The number of carbonyl (C=O) groups excluding carboxylic acids is 1. The molecule has 4 nitrogen and oxygen atoms in total. The fourth-order valence-electron chi connectivity index (χ4n) is 4.62. The number of hydrogen-bond acceptors (Lipinski definition) is 4. The zero-order valence-electron chi connectivity index (χ0n) is 14.4. The monoisotopic (exact) mass is 323 g/mol. The molecule has 23 heavy (non-hydrogen) atoms. The van der Waals surface area contributed by atoms with E-state index in [-0.39, 0.29) is 6.42 Å². The second kappa shape index (κ2) is 8.29. The third-order valence-electron chi connectivity index (χ3n) is 5.88. The van der Waals surface area contributed by atoms with E-state index < -0.39 is 24.6 Å². The summed E-state index contributed by atoms with van der Waals surface area (Å²) in [4.78, 5) is 10.5. The van der Waals surface area contributed by atoms with Gasteiger partial charge in [0.2, 0.25) is 0 Å². The second-order valence-electron chi connectivity index (χ2n) is 7.85. The number of carbonyl (C=O) groups is 1. The van der Waals surface area contributed by atoms with Crippen molar-refractivity contribution < 1.29 is 20.1 Å². The van der Waals surface area contributed by atoms with E-state index in [0.29, 0.717) is 30.1 Å². The Balaban J connectivity index is 1.84. The lowest BCUT2D eigenvalue weighted by Crippen LogP contribution is -2.35. The smallest absolute Gasteiger partial charge is 0.0616 e. The van der Waals surface area contributed by atoms with Crippen LogP contribution in [0.4, 0.5) is 0 Å². The molecule has 2 rings (SSSR count). The molecule has 2 N–H and O–H groups in total. The molecule has 0 saturated heterocycles. The van der Waals surface area contributed by atoms with E-state index in [2.05, 4.69) is 26.0 Å². The van der Waals surface area contributed by atoms with Crippen LogP contribution in [0.15, 0.2) is 12.2 Å². The third kappa shape index (κ3) is 5.32. The van der Waals surface area contributed by atoms with E-state index in [0.717, 1.165) is 12.3 Å². The molecule has 0 bridgehead atoms. The average Bonchev–Trinajstić information content (AvgIpc) is 2.45. The van der Waals surface area contributed by atoms with Gasteiger partial charge < -0.3 is 20.1 Å². The number of carboxylic acid groups (broad SMARTS) is 1. The minimum atomic E-state index is -1.27. The van der Waals surface area contributed by atoms with Crippen LogP contribution >= 0.6 is 0 Å². The summed E-state index contributed by atoms with van der Waals surface area (Å²) in [6.45, 7) is 4.59. The molecule has 0 aromatic rings. The van der Waals surface area contributed by atoms with Crippen molar-refractivity contribution in [2.45, 2.75) is 71.0 Å². The van der Waals surface area contributed by atoms with Gasteiger partial charge >= 0.3 is 0 Å². The van der Waals surface area contributed by atoms with Gasteiger partial charge in [-0.3, -0.25) is 0 Å². The molecule has 1 saturated carbocycles. The molecule has 0 radical (unpaired) electrons. The van der Waals surface area contributed by atoms with E-state index in [1.807, 2.05) is 0 Å². The number of fused-ring (bicyclic) bond motifs is 1. The van der Waals surface area contributed by atoms with Crippen molar-refractivity contribution in [1.29, 1.82) is 0 Å². The topological polar surface area (TPSA) is 80.6 Å². The number of carboxylic acids is 1. The summed E-state index contributed by atoms with van der Waals surface area (Å²) < 4.78 is 0. The molecule has 7 atom stereocenters. The maximum Gasteiger partial charge on any atom is 0.0616 e. The first kappa shape index (κ1) is 18.5. The highest BCUT2D eigenvalue weighted by Crippen LogP contribution is 2.46. The number of aliphatic hydroxyl groups is 2. The minimum absolute atomic E-state index is 0.121. The van der Waals surface area contributed by atoms with Gasteiger partial charge in [-0.2, -0.15) is 0 Å². The Labute approximate surface area is 139 Å². The fraction of sp³-hybridized carbons (Fsp3) is 0.842. The zero-order valence-corrected chi connectivity index (χ0v) is 14.4. The number of aliphatic carboxylic acids is 1. The van der Waals surface area contributed by atoms with Crippen molar-refractivity contribution in [2.75, 3.05) is 0 Å². The molecule has 0 aromatic carbocycles. The van der Waals surface area contributed by atoms with Gasteiger partial charge in [-0.15, -0.1) is 0 Å². The predicted octanol–water partition coefficient (Wildman–Crippen LogP) is 1.89. The summed E-state index contributed by atoms with van der Waals surface area (Å²) >= 11 is 0. The highest BCUT2D eigenvalue weighted by Gasteiger charge is 2.37. The van der Waals surface area contributed by atoms with Gasteiger partial charge in [0, 0.05) is 12.4 Å². The van der Waals surface area contributed by atoms with Crippen molar-refractivity contribution in [3.8, 4) is 0 Å². The van der Waals surface area contributed by atoms with Gasteiger partial charge in [-0.1, -0.05) is 32.4 Å². The van der Waals surface area contributed by atoms with Gasteiger partial charge in [-0.05, 0) is 61.7 Å². The maximum absolute atomic E-state index is 10.5. The van der Waals surface area contributed by atoms with E-state index in [1.54, 1.807) is 0 Å². The summed E-state index contributed by atoms with van der Waals surface area (Å²) in [6, 6.07) is 0. The average molecular weight is 323 g/mol. The summed E-state index contributed by atoms with van der Waals surface area (Å²) in [5, 5.41) is 30.2. The highest BCUT2D eigenvalue weighted by atomic mass is 16.4. The van der Waals surface area contributed by atoms with Crippen LogP contribution < -0.4 is 5.11 Å². The fourth-order valence-corrected chi connectivity index (χ4v) is 4.62. The molecule has 1 fully saturated rings. The van der Waals surface area contributed by atoms with Crippen LogP contribution in [0.25, 0.3) is 0 Å². The Morgan fingerprint density at radius 2 is 1.96 bits per heavy atom. The second-order valence-corrected chi connectivity index (χ2v) is 7.85. The Bertz CT molecular complexity index is 420. The maximum atomic E-state index is 10.5. The van der Waals surface area contributed by atoms with Crippen molar-refractivity contribution in [1.82, 2.24) is 0 Å². The lowest BCUT2D eigenvalue weighted by atomic mass is 9.62. The van der Waals surface area contributed by atoms with E-state index in [9.17, 15) is 20.1 Å². The Kier molecular flexibility index (Phi) is 6.66. The molecule has 0 aromatic heterocycles. The van der Waals surface area contributed by atoms with E-state index in [1.165, 1.54) is 19.3 Å². The molecule has 0 aliphatic heterocycles. The minimum Gasteiger partial charge on any atom is -0.550 e.